The van der Waals surface area contributed by atoms with E-state index in [1.54, 1.807) is 30.3 Å². The number of nitrogens with one attached hydrogen (secondary N) is 2. The lowest BCUT2D eigenvalue weighted by molar-refractivity contribution is -0.152. The van der Waals surface area contributed by atoms with E-state index in [1.165, 1.54) is 32.2 Å². The van der Waals surface area contributed by atoms with Crippen molar-refractivity contribution in [2.24, 2.45) is 0 Å². The molecule has 2 amide bonds. The SMILES string of the molecule is COc1ccc(C(=O)NCC(=O)O[C@@H](C)C(=O)Nc2ccccc2F)cc1. The van der Waals surface area contributed by atoms with Crippen molar-refractivity contribution in [3.63, 3.8) is 0 Å². The topological polar surface area (TPSA) is 93.7 Å². The molecule has 1 atom stereocenters. The summed E-state index contributed by atoms with van der Waals surface area (Å²) in [6.45, 7) is 0.932. The number of rotatable bonds is 7. The van der Waals surface area contributed by atoms with Gasteiger partial charge in [-0.3, -0.25) is 14.4 Å². The third-order valence-corrected chi connectivity index (χ3v) is 3.55. The van der Waals surface area contributed by atoms with E-state index < -0.39 is 36.2 Å². The molecule has 0 saturated carbocycles. The van der Waals surface area contributed by atoms with Crippen LogP contribution in [0.3, 0.4) is 0 Å². The quantitative estimate of drug-likeness (QED) is 0.724. The van der Waals surface area contributed by atoms with E-state index in [-0.39, 0.29) is 5.69 Å². The van der Waals surface area contributed by atoms with E-state index in [2.05, 4.69) is 10.6 Å². The molecule has 0 saturated heterocycles. The van der Waals surface area contributed by atoms with Crippen molar-refractivity contribution in [1.29, 1.82) is 0 Å². The summed E-state index contributed by atoms with van der Waals surface area (Å²) in [4.78, 5) is 35.7. The molecule has 0 bridgehead atoms. The highest BCUT2D eigenvalue weighted by molar-refractivity contribution is 5.97. The van der Waals surface area contributed by atoms with Crippen LogP contribution in [0.15, 0.2) is 48.5 Å². The molecule has 0 aromatic heterocycles. The zero-order valence-corrected chi connectivity index (χ0v) is 14.8. The number of hydrogen-bond donors (Lipinski definition) is 2. The molecular weight excluding hydrogens is 355 g/mol. The van der Waals surface area contributed by atoms with Crippen molar-refractivity contribution >= 4 is 23.5 Å². The Kier molecular flexibility index (Phi) is 6.87. The van der Waals surface area contributed by atoms with Crippen LogP contribution in [0.2, 0.25) is 0 Å². The molecule has 2 aromatic carbocycles. The minimum absolute atomic E-state index is 0.0155. The molecule has 0 radical (unpaired) electrons. The van der Waals surface area contributed by atoms with Crippen molar-refractivity contribution < 1.29 is 28.2 Å². The smallest absolute Gasteiger partial charge is 0.326 e. The second-order valence-corrected chi connectivity index (χ2v) is 5.51. The highest BCUT2D eigenvalue weighted by Gasteiger charge is 2.19. The van der Waals surface area contributed by atoms with Gasteiger partial charge in [0, 0.05) is 5.56 Å². The van der Waals surface area contributed by atoms with Gasteiger partial charge in [0.1, 0.15) is 18.1 Å². The summed E-state index contributed by atoms with van der Waals surface area (Å²) in [6, 6.07) is 11.9. The van der Waals surface area contributed by atoms with Crippen LogP contribution in [-0.4, -0.2) is 37.5 Å². The molecule has 0 fully saturated rings. The lowest BCUT2D eigenvalue weighted by Gasteiger charge is -2.14. The standard InChI is InChI=1S/C19H19FN2O5/c1-12(18(24)22-16-6-4-3-5-15(16)20)27-17(23)11-21-19(25)13-7-9-14(26-2)10-8-13/h3-10,12H,11H2,1-2H3,(H,21,25)(H,22,24)/t12-/m0/s1. The Morgan fingerprint density at radius 1 is 1.07 bits per heavy atom. The van der Waals surface area contributed by atoms with Crippen LogP contribution >= 0.6 is 0 Å². The molecule has 7 nitrogen and oxygen atoms in total. The van der Waals surface area contributed by atoms with E-state index in [0.717, 1.165) is 0 Å². The minimum atomic E-state index is -1.16. The second-order valence-electron chi connectivity index (χ2n) is 5.51. The maximum atomic E-state index is 13.5. The van der Waals surface area contributed by atoms with Crippen LogP contribution in [0.25, 0.3) is 0 Å². The van der Waals surface area contributed by atoms with Crippen molar-refractivity contribution in [3.05, 3.63) is 59.9 Å². The Morgan fingerprint density at radius 2 is 1.74 bits per heavy atom. The number of benzene rings is 2. The van der Waals surface area contributed by atoms with E-state index >= 15 is 0 Å². The molecule has 142 valence electrons. The molecule has 0 aliphatic heterocycles. The number of halogens is 1. The number of carbonyl (C=O) groups excluding carboxylic acids is 3. The summed E-state index contributed by atoms with van der Waals surface area (Å²) >= 11 is 0. The lowest BCUT2D eigenvalue weighted by atomic mass is 10.2. The predicted molar refractivity (Wildman–Crippen MR) is 95.9 cm³/mol. The van der Waals surface area contributed by atoms with Gasteiger partial charge in [0.2, 0.25) is 0 Å². The van der Waals surface area contributed by atoms with Crippen molar-refractivity contribution in [2.75, 3.05) is 19.0 Å². The average Bonchev–Trinajstić information content (AvgIpc) is 2.67. The van der Waals surface area contributed by atoms with Crippen molar-refractivity contribution in [3.8, 4) is 5.75 Å². The van der Waals surface area contributed by atoms with Crippen molar-refractivity contribution in [1.82, 2.24) is 5.32 Å². The van der Waals surface area contributed by atoms with Crippen LogP contribution in [-0.2, 0) is 14.3 Å². The lowest BCUT2D eigenvalue weighted by Crippen LogP contribution is -2.36. The van der Waals surface area contributed by atoms with Gasteiger partial charge in [0.05, 0.1) is 12.8 Å². The summed E-state index contributed by atoms with van der Waals surface area (Å²) in [5.74, 6) is -1.96. The molecule has 0 unspecified atom stereocenters. The maximum absolute atomic E-state index is 13.5. The predicted octanol–water partition coefficient (Wildman–Crippen LogP) is 2.13. The zero-order chi connectivity index (χ0) is 19.8. The number of methoxy groups -OCH3 is 1. The van der Waals surface area contributed by atoms with Gasteiger partial charge in [0.15, 0.2) is 6.10 Å². The van der Waals surface area contributed by atoms with Gasteiger partial charge >= 0.3 is 5.97 Å². The number of hydrogen-bond acceptors (Lipinski definition) is 5. The Morgan fingerprint density at radius 3 is 2.37 bits per heavy atom. The summed E-state index contributed by atoms with van der Waals surface area (Å²) in [5.41, 5.74) is 0.326. The Hall–Kier alpha value is -3.42. The average molecular weight is 374 g/mol. The molecule has 0 aliphatic carbocycles. The van der Waals surface area contributed by atoms with Crippen LogP contribution in [0.1, 0.15) is 17.3 Å². The monoisotopic (exact) mass is 374 g/mol. The molecular formula is C19H19FN2O5. The van der Waals surface area contributed by atoms with E-state index in [0.29, 0.717) is 11.3 Å². The fourth-order valence-corrected chi connectivity index (χ4v) is 2.09. The van der Waals surface area contributed by atoms with Gasteiger partial charge < -0.3 is 20.1 Å². The molecule has 0 aliphatic rings. The fourth-order valence-electron chi connectivity index (χ4n) is 2.09. The number of ether oxygens (including phenoxy) is 2. The van der Waals surface area contributed by atoms with Gasteiger partial charge in [0.25, 0.3) is 11.8 Å². The van der Waals surface area contributed by atoms with E-state index in [9.17, 15) is 18.8 Å². The van der Waals surface area contributed by atoms with Gasteiger partial charge in [-0.1, -0.05) is 12.1 Å². The number of carbonyl (C=O) groups is 3. The van der Waals surface area contributed by atoms with Crippen molar-refractivity contribution in [2.45, 2.75) is 13.0 Å². The number of para-hydroxylation sites is 1. The third-order valence-electron chi connectivity index (χ3n) is 3.55. The first kappa shape index (κ1) is 19.9. The molecule has 8 heteroatoms. The number of esters is 1. The van der Waals surface area contributed by atoms with Crippen LogP contribution in [0.5, 0.6) is 5.75 Å². The zero-order valence-electron chi connectivity index (χ0n) is 14.8. The first-order chi connectivity index (χ1) is 12.9. The van der Waals surface area contributed by atoms with Gasteiger partial charge in [-0.05, 0) is 43.3 Å². The van der Waals surface area contributed by atoms with Gasteiger partial charge in [-0.2, -0.15) is 0 Å². The Bertz CT molecular complexity index is 823. The van der Waals surface area contributed by atoms with Gasteiger partial charge in [-0.15, -0.1) is 0 Å². The Labute approximate surface area is 155 Å². The van der Waals surface area contributed by atoms with Crippen LogP contribution in [0.4, 0.5) is 10.1 Å². The molecule has 2 N–H and O–H groups in total. The first-order valence-corrected chi connectivity index (χ1v) is 8.08. The summed E-state index contributed by atoms with van der Waals surface area (Å²) < 4.78 is 23.5. The van der Waals surface area contributed by atoms with E-state index in [1.807, 2.05) is 0 Å². The first-order valence-electron chi connectivity index (χ1n) is 8.08. The normalized spacial score (nSPS) is 11.2. The highest BCUT2D eigenvalue weighted by atomic mass is 19.1. The Balaban J connectivity index is 1.81. The number of anilines is 1. The summed E-state index contributed by atoms with van der Waals surface area (Å²) in [6.07, 6.45) is -1.16. The highest BCUT2D eigenvalue weighted by Crippen LogP contribution is 2.13. The van der Waals surface area contributed by atoms with E-state index in [4.69, 9.17) is 9.47 Å². The molecule has 27 heavy (non-hydrogen) atoms. The molecule has 0 heterocycles. The molecule has 2 aromatic rings. The van der Waals surface area contributed by atoms with Gasteiger partial charge in [-0.25, -0.2) is 4.39 Å². The molecule has 2 rings (SSSR count). The number of amides is 2. The second kappa shape index (κ2) is 9.33. The largest absolute Gasteiger partial charge is 0.497 e. The maximum Gasteiger partial charge on any atom is 0.326 e. The summed E-state index contributed by atoms with van der Waals surface area (Å²) in [5, 5.41) is 4.72. The summed E-state index contributed by atoms with van der Waals surface area (Å²) in [7, 11) is 1.51. The van der Waals surface area contributed by atoms with Crippen LogP contribution in [0, 0.1) is 5.82 Å². The fraction of sp³-hybridized carbons (Fsp3) is 0.211. The molecule has 0 spiro atoms. The van der Waals surface area contributed by atoms with Crippen LogP contribution < -0.4 is 15.4 Å². The third kappa shape index (κ3) is 5.81. The minimum Gasteiger partial charge on any atom is -0.497 e.